The quantitative estimate of drug-likeness (QED) is 0.380. The molecule has 0 radical (unpaired) electrons. The summed E-state index contributed by atoms with van der Waals surface area (Å²) in [6, 6.07) is 10.4. The normalized spacial score (nSPS) is 26.6. The summed E-state index contributed by atoms with van der Waals surface area (Å²) in [7, 11) is 0. The first-order valence-corrected chi connectivity index (χ1v) is 13.3. The van der Waals surface area contributed by atoms with Crippen LogP contribution in [0.25, 0.3) is 16.5 Å². The van der Waals surface area contributed by atoms with Crippen molar-refractivity contribution < 1.29 is 4.79 Å². The maximum atomic E-state index is 13.3. The molecular weight excluding hydrogens is 464 g/mol. The molecule has 2 saturated carbocycles. The highest BCUT2D eigenvalue weighted by Gasteiger charge is 2.47. The first-order chi connectivity index (χ1) is 15.0. The summed E-state index contributed by atoms with van der Waals surface area (Å²) in [6.07, 6.45) is 8.82. The fraction of sp³-hybridized carbons (Fsp3) is 0.417. The Hall–Kier alpha value is -1.18. The second kappa shape index (κ2) is 8.99. The highest BCUT2D eigenvalue weighted by molar-refractivity contribution is 8.26. The third-order valence-electron chi connectivity index (χ3n) is 6.74. The van der Waals surface area contributed by atoms with Crippen molar-refractivity contribution in [2.24, 2.45) is 17.6 Å². The number of nitrogens with two attached hydrogens (primary N) is 1. The number of nitrogens with zero attached hydrogens (tertiary/aromatic N) is 1. The third-order valence-corrected chi connectivity index (χ3v) is 9.49. The average molecular weight is 489 g/mol. The minimum absolute atomic E-state index is 0.0961. The van der Waals surface area contributed by atoms with E-state index >= 15 is 0 Å². The molecule has 3 unspecified atom stereocenters. The van der Waals surface area contributed by atoms with Gasteiger partial charge in [-0.25, -0.2) is 0 Å². The van der Waals surface area contributed by atoms with Crippen LogP contribution in [0.3, 0.4) is 0 Å². The van der Waals surface area contributed by atoms with Crippen LogP contribution in [0.1, 0.15) is 42.5 Å². The van der Waals surface area contributed by atoms with Gasteiger partial charge >= 0.3 is 0 Å². The number of amides is 1. The molecule has 3 aliphatic rings. The minimum Gasteiger partial charge on any atom is -0.330 e. The van der Waals surface area contributed by atoms with Crippen molar-refractivity contribution in [3.63, 3.8) is 0 Å². The van der Waals surface area contributed by atoms with Crippen molar-refractivity contribution in [1.29, 1.82) is 0 Å². The third kappa shape index (κ3) is 4.25. The van der Waals surface area contributed by atoms with Gasteiger partial charge in [0.2, 0.25) is 0 Å². The largest absolute Gasteiger partial charge is 0.330 e. The van der Waals surface area contributed by atoms with E-state index in [2.05, 4.69) is 12.1 Å². The van der Waals surface area contributed by atoms with Crippen LogP contribution < -0.4 is 5.73 Å². The average Bonchev–Trinajstić information content (AvgIpc) is 3.52. The molecule has 3 fully saturated rings. The molecule has 2 N–H and O–H groups in total. The molecule has 2 heterocycles. The van der Waals surface area contributed by atoms with E-state index in [-0.39, 0.29) is 5.91 Å². The van der Waals surface area contributed by atoms with Gasteiger partial charge in [-0.3, -0.25) is 9.69 Å². The van der Waals surface area contributed by atoms with Crippen molar-refractivity contribution in [3.8, 4) is 10.4 Å². The van der Waals surface area contributed by atoms with Crippen LogP contribution >= 0.6 is 46.9 Å². The first kappa shape index (κ1) is 21.7. The Morgan fingerprint density at radius 1 is 1.23 bits per heavy atom. The SMILES string of the molecule is NCCCc1cc(-c2ccc(Cl)cc2)sc1C=C1SC(=S)N(C2CC3CCC2C3)C1=O. The topological polar surface area (TPSA) is 46.3 Å². The van der Waals surface area contributed by atoms with Gasteiger partial charge in [0.05, 0.1) is 4.91 Å². The number of rotatable bonds is 6. The molecule has 7 heteroatoms. The van der Waals surface area contributed by atoms with Gasteiger partial charge in [-0.15, -0.1) is 11.3 Å². The number of fused-ring (bicyclic) bond motifs is 2. The number of benzene rings is 1. The molecule has 3 nitrogen and oxygen atoms in total. The van der Waals surface area contributed by atoms with E-state index in [1.54, 1.807) is 11.3 Å². The number of carbonyl (C=O) groups excluding carboxylic acids is 1. The molecule has 162 valence electrons. The lowest BCUT2D eigenvalue weighted by Gasteiger charge is -2.30. The molecule has 1 aromatic heterocycles. The second-order valence-corrected chi connectivity index (χ2v) is 11.9. The smallest absolute Gasteiger partial charge is 0.266 e. The molecule has 1 amide bonds. The Morgan fingerprint density at radius 2 is 2.03 bits per heavy atom. The summed E-state index contributed by atoms with van der Waals surface area (Å²) >= 11 is 14.9. The van der Waals surface area contributed by atoms with Crippen LogP contribution in [-0.2, 0) is 11.2 Å². The van der Waals surface area contributed by atoms with Gasteiger partial charge in [-0.1, -0.05) is 54.1 Å². The molecular formula is C24H25ClN2OS3. The lowest BCUT2D eigenvalue weighted by atomic mass is 9.94. The Balaban J connectivity index is 1.44. The van der Waals surface area contributed by atoms with E-state index < -0.39 is 0 Å². The lowest BCUT2D eigenvalue weighted by molar-refractivity contribution is -0.124. The van der Waals surface area contributed by atoms with Gasteiger partial charge in [0.25, 0.3) is 5.91 Å². The second-order valence-electron chi connectivity index (χ2n) is 8.69. The number of hydrogen-bond acceptors (Lipinski definition) is 5. The van der Waals surface area contributed by atoms with Crippen molar-refractivity contribution in [2.75, 3.05) is 6.54 Å². The summed E-state index contributed by atoms with van der Waals surface area (Å²) in [5.41, 5.74) is 8.15. The predicted octanol–water partition coefficient (Wildman–Crippen LogP) is 6.35. The summed E-state index contributed by atoms with van der Waals surface area (Å²) < 4.78 is 0.729. The molecule has 1 aliphatic heterocycles. The molecule has 1 aromatic carbocycles. The number of thiophene rings is 1. The summed E-state index contributed by atoms with van der Waals surface area (Å²) in [6.45, 7) is 0.651. The van der Waals surface area contributed by atoms with Gasteiger partial charge in [-0.2, -0.15) is 0 Å². The van der Waals surface area contributed by atoms with Crippen LogP contribution in [0.5, 0.6) is 0 Å². The number of halogens is 1. The maximum absolute atomic E-state index is 13.3. The van der Waals surface area contributed by atoms with Crippen LogP contribution in [0, 0.1) is 11.8 Å². The molecule has 31 heavy (non-hydrogen) atoms. The fourth-order valence-corrected chi connectivity index (χ4v) is 7.94. The maximum Gasteiger partial charge on any atom is 0.266 e. The van der Waals surface area contributed by atoms with E-state index in [0.29, 0.717) is 18.5 Å². The van der Waals surface area contributed by atoms with Gasteiger partial charge in [0.1, 0.15) is 4.32 Å². The number of thiocarbonyl (C=S) groups is 1. The molecule has 1 saturated heterocycles. The Kier molecular flexibility index (Phi) is 6.28. The molecule has 2 aliphatic carbocycles. The number of hydrogen-bond donors (Lipinski definition) is 1. The number of thioether (sulfide) groups is 1. The number of aryl methyl sites for hydroxylation is 1. The summed E-state index contributed by atoms with van der Waals surface area (Å²) in [5, 5.41) is 0.730. The lowest BCUT2D eigenvalue weighted by Crippen LogP contribution is -2.41. The van der Waals surface area contributed by atoms with Crippen molar-refractivity contribution in [2.45, 2.75) is 44.6 Å². The highest BCUT2D eigenvalue weighted by Crippen LogP contribution is 2.49. The first-order valence-electron chi connectivity index (χ1n) is 10.9. The highest BCUT2D eigenvalue weighted by atomic mass is 35.5. The van der Waals surface area contributed by atoms with E-state index in [4.69, 9.17) is 29.6 Å². The van der Waals surface area contributed by atoms with Crippen LogP contribution in [0.2, 0.25) is 5.02 Å². The van der Waals surface area contributed by atoms with Gasteiger partial charge in [-0.05, 0) is 85.9 Å². The molecule has 5 rings (SSSR count). The van der Waals surface area contributed by atoms with Crippen molar-refractivity contribution in [1.82, 2.24) is 4.90 Å². The monoisotopic (exact) mass is 488 g/mol. The summed E-state index contributed by atoms with van der Waals surface area (Å²) in [5.74, 6) is 1.51. The van der Waals surface area contributed by atoms with E-state index in [1.165, 1.54) is 41.5 Å². The standard InChI is InChI=1S/C24H25ClN2OS3/c25-18-7-5-15(6-8-18)20-12-17(2-1-9-26)21(30-20)13-22-23(28)27(24(29)31-22)19-11-14-3-4-16(19)10-14/h5-8,12-14,16,19H,1-4,9-11,26H2. The molecule has 3 atom stereocenters. The van der Waals surface area contributed by atoms with Gasteiger partial charge < -0.3 is 5.73 Å². The van der Waals surface area contributed by atoms with E-state index in [9.17, 15) is 4.79 Å². The van der Waals surface area contributed by atoms with Crippen LogP contribution in [0.4, 0.5) is 0 Å². The Bertz CT molecular complexity index is 1050. The molecule has 2 bridgehead atoms. The van der Waals surface area contributed by atoms with E-state index in [1.807, 2.05) is 29.2 Å². The molecule has 2 aromatic rings. The molecule has 0 spiro atoms. The van der Waals surface area contributed by atoms with E-state index in [0.717, 1.165) is 49.9 Å². The zero-order chi connectivity index (χ0) is 21.5. The number of carbonyl (C=O) groups is 1. The van der Waals surface area contributed by atoms with Crippen LogP contribution in [0.15, 0.2) is 35.2 Å². The Morgan fingerprint density at radius 3 is 2.71 bits per heavy atom. The van der Waals surface area contributed by atoms with Crippen LogP contribution in [-0.4, -0.2) is 27.7 Å². The predicted molar refractivity (Wildman–Crippen MR) is 136 cm³/mol. The van der Waals surface area contributed by atoms with Crippen molar-refractivity contribution >= 4 is 63.2 Å². The minimum atomic E-state index is 0.0961. The summed E-state index contributed by atoms with van der Waals surface area (Å²) in [4.78, 5) is 18.3. The van der Waals surface area contributed by atoms with Gasteiger partial charge in [0, 0.05) is 20.8 Å². The zero-order valence-corrected chi connectivity index (χ0v) is 20.4. The Labute approximate surface area is 202 Å². The zero-order valence-electron chi connectivity index (χ0n) is 17.2. The fourth-order valence-electron chi connectivity index (χ4n) is 5.22. The van der Waals surface area contributed by atoms with Gasteiger partial charge in [0.15, 0.2) is 0 Å². The van der Waals surface area contributed by atoms with Crippen molar-refractivity contribution in [3.05, 3.63) is 50.7 Å².